The van der Waals surface area contributed by atoms with Gasteiger partial charge in [-0.2, -0.15) is 0 Å². The molecule has 0 bridgehead atoms. The molecule has 0 aliphatic heterocycles. The maximum absolute atomic E-state index is 13.9. The van der Waals surface area contributed by atoms with Gasteiger partial charge in [0.15, 0.2) is 11.5 Å². The maximum atomic E-state index is 13.9. The number of amides is 2. The molecule has 6 heteroatoms. The quantitative estimate of drug-likeness (QED) is 0.250. The van der Waals surface area contributed by atoms with Crippen LogP contribution >= 0.6 is 0 Å². The van der Waals surface area contributed by atoms with Gasteiger partial charge < -0.3 is 19.7 Å². The summed E-state index contributed by atoms with van der Waals surface area (Å²) in [6, 6.07) is 23.2. The monoisotopic (exact) mass is 544 g/mol. The average Bonchev–Trinajstić information content (AvgIpc) is 2.95. The van der Waals surface area contributed by atoms with E-state index < -0.39 is 6.04 Å². The molecule has 1 N–H and O–H groups in total. The van der Waals surface area contributed by atoms with Crippen molar-refractivity contribution in [2.45, 2.75) is 66.5 Å². The van der Waals surface area contributed by atoms with Crippen molar-refractivity contribution >= 4 is 11.8 Å². The van der Waals surface area contributed by atoms with Crippen LogP contribution in [0.1, 0.15) is 56.4 Å². The van der Waals surface area contributed by atoms with Crippen LogP contribution in [-0.2, 0) is 29.0 Å². The summed E-state index contributed by atoms with van der Waals surface area (Å²) in [5.74, 6) is 1.50. The number of carbonyl (C=O) groups is 2. The van der Waals surface area contributed by atoms with E-state index in [0.717, 1.165) is 22.3 Å². The van der Waals surface area contributed by atoms with Gasteiger partial charge in [-0.25, -0.2) is 0 Å². The highest BCUT2D eigenvalue weighted by Gasteiger charge is 2.30. The van der Waals surface area contributed by atoms with Gasteiger partial charge in [-0.3, -0.25) is 9.59 Å². The number of ether oxygens (including phenoxy) is 2. The second-order valence-corrected chi connectivity index (χ2v) is 10.5. The van der Waals surface area contributed by atoms with Crippen LogP contribution < -0.4 is 14.8 Å². The van der Waals surface area contributed by atoms with Crippen LogP contribution in [0.5, 0.6) is 11.5 Å². The van der Waals surface area contributed by atoms with Crippen molar-refractivity contribution in [3.8, 4) is 11.5 Å². The Hall–Kier alpha value is -3.80. The van der Waals surface area contributed by atoms with E-state index in [4.69, 9.17) is 9.47 Å². The fourth-order valence-electron chi connectivity index (χ4n) is 4.51. The molecular weight excluding hydrogens is 500 g/mol. The lowest BCUT2D eigenvalue weighted by atomic mass is 10.0. The number of rotatable bonds is 15. The Morgan fingerprint density at radius 3 is 2.12 bits per heavy atom. The van der Waals surface area contributed by atoms with Crippen molar-refractivity contribution in [1.82, 2.24) is 10.2 Å². The van der Waals surface area contributed by atoms with Gasteiger partial charge in [-0.05, 0) is 61.9 Å². The van der Waals surface area contributed by atoms with Crippen molar-refractivity contribution in [2.75, 3.05) is 19.8 Å². The SMILES string of the molecule is CCOc1ccc(CCC(=O)N(Cc2ccc(C)cc2)[C@H](Cc2ccccc2)C(=O)NCC(C)C)cc1OCC. The topological polar surface area (TPSA) is 67.9 Å². The van der Waals surface area contributed by atoms with Gasteiger partial charge in [0.2, 0.25) is 11.8 Å². The number of aryl methyl sites for hydroxylation is 2. The normalized spacial score (nSPS) is 11.7. The Kier molecular flexibility index (Phi) is 12.1. The summed E-state index contributed by atoms with van der Waals surface area (Å²) in [7, 11) is 0. The zero-order valence-corrected chi connectivity index (χ0v) is 24.6. The summed E-state index contributed by atoms with van der Waals surface area (Å²) in [5.41, 5.74) is 4.15. The molecule has 0 unspecified atom stereocenters. The molecule has 0 aliphatic carbocycles. The van der Waals surface area contributed by atoms with E-state index in [9.17, 15) is 9.59 Å². The molecule has 0 fully saturated rings. The molecule has 3 rings (SSSR count). The first-order chi connectivity index (χ1) is 19.3. The summed E-state index contributed by atoms with van der Waals surface area (Å²) in [4.78, 5) is 29.3. The van der Waals surface area contributed by atoms with Gasteiger partial charge in [-0.1, -0.05) is 80.1 Å². The molecule has 0 saturated heterocycles. The number of carbonyl (C=O) groups excluding carboxylic acids is 2. The Bertz CT molecular complexity index is 1210. The van der Waals surface area contributed by atoms with E-state index in [-0.39, 0.29) is 18.2 Å². The van der Waals surface area contributed by atoms with Crippen LogP contribution in [0.15, 0.2) is 72.8 Å². The second kappa shape index (κ2) is 15.7. The second-order valence-electron chi connectivity index (χ2n) is 10.5. The van der Waals surface area contributed by atoms with E-state index in [2.05, 4.69) is 19.2 Å². The third-order valence-electron chi connectivity index (χ3n) is 6.66. The van der Waals surface area contributed by atoms with Crippen LogP contribution in [0, 0.1) is 12.8 Å². The Balaban J connectivity index is 1.89. The molecule has 3 aromatic carbocycles. The minimum absolute atomic E-state index is 0.0620. The number of hydrogen-bond acceptors (Lipinski definition) is 4. The minimum Gasteiger partial charge on any atom is -0.490 e. The largest absolute Gasteiger partial charge is 0.490 e. The molecule has 0 aromatic heterocycles. The highest BCUT2D eigenvalue weighted by Crippen LogP contribution is 2.29. The van der Waals surface area contributed by atoms with E-state index >= 15 is 0 Å². The molecule has 40 heavy (non-hydrogen) atoms. The summed E-state index contributed by atoms with van der Waals surface area (Å²) in [6.45, 7) is 12.0. The molecule has 6 nitrogen and oxygen atoms in total. The first kappa shape index (κ1) is 30.7. The third kappa shape index (κ3) is 9.44. The lowest BCUT2D eigenvalue weighted by Crippen LogP contribution is -2.51. The minimum atomic E-state index is -0.630. The highest BCUT2D eigenvalue weighted by atomic mass is 16.5. The van der Waals surface area contributed by atoms with Gasteiger partial charge in [0.05, 0.1) is 13.2 Å². The predicted molar refractivity (Wildman–Crippen MR) is 161 cm³/mol. The van der Waals surface area contributed by atoms with Crippen molar-refractivity contribution < 1.29 is 19.1 Å². The highest BCUT2D eigenvalue weighted by molar-refractivity contribution is 5.88. The third-order valence-corrected chi connectivity index (χ3v) is 6.66. The lowest BCUT2D eigenvalue weighted by Gasteiger charge is -2.32. The van der Waals surface area contributed by atoms with Crippen molar-refractivity contribution in [2.24, 2.45) is 5.92 Å². The summed E-state index contributed by atoms with van der Waals surface area (Å²) in [5, 5.41) is 3.08. The fraction of sp³-hybridized carbons (Fsp3) is 0.412. The lowest BCUT2D eigenvalue weighted by molar-refractivity contribution is -0.141. The maximum Gasteiger partial charge on any atom is 0.243 e. The van der Waals surface area contributed by atoms with Gasteiger partial charge in [0.25, 0.3) is 0 Å². The van der Waals surface area contributed by atoms with E-state index in [0.29, 0.717) is 56.6 Å². The molecule has 0 heterocycles. The van der Waals surface area contributed by atoms with E-state index in [1.807, 2.05) is 93.6 Å². The molecule has 0 aliphatic rings. The molecule has 0 saturated carbocycles. The van der Waals surface area contributed by atoms with Crippen LogP contribution in [-0.4, -0.2) is 42.5 Å². The zero-order chi connectivity index (χ0) is 28.9. The smallest absolute Gasteiger partial charge is 0.243 e. The van der Waals surface area contributed by atoms with Crippen molar-refractivity contribution in [1.29, 1.82) is 0 Å². The molecule has 214 valence electrons. The van der Waals surface area contributed by atoms with Crippen LogP contribution in [0.25, 0.3) is 0 Å². The number of benzene rings is 3. The molecular formula is C34H44N2O4. The Morgan fingerprint density at radius 2 is 1.48 bits per heavy atom. The van der Waals surface area contributed by atoms with Crippen molar-refractivity contribution in [3.63, 3.8) is 0 Å². The van der Waals surface area contributed by atoms with Crippen LogP contribution in [0.2, 0.25) is 0 Å². The first-order valence-electron chi connectivity index (χ1n) is 14.4. The Labute approximate surface area is 239 Å². The molecule has 3 aromatic rings. The summed E-state index contributed by atoms with van der Waals surface area (Å²) >= 11 is 0. The van der Waals surface area contributed by atoms with Crippen molar-refractivity contribution in [3.05, 3.63) is 95.1 Å². The van der Waals surface area contributed by atoms with Gasteiger partial charge in [0.1, 0.15) is 6.04 Å². The summed E-state index contributed by atoms with van der Waals surface area (Å²) in [6.07, 6.45) is 1.25. The summed E-state index contributed by atoms with van der Waals surface area (Å²) < 4.78 is 11.5. The van der Waals surface area contributed by atoms with Crippen LogP contribution in [0.3, 0.4) is 0 Å². The average molecular weight is 545 g/mol. The number of nitrogens with one attached hydrogen (secondary N) is 1. The first-order valence-corrected chi connectivity index (χ1v) is 14.4. The molecule has 2 amide bonds. The van der Waals surface area contributed by atoms with Crippen LogP contribution in [0.4, 0.5) is 0 Å². The standard InChI is InChI=1S/C34H44N2O4/c1-6-39-31-19-17-28(22-32(31)40-7-2)18-20-33(37)36(24-29-15-13-26(5)14-16-29)30(34(38)35-23-25(3)4)21-27-11-9-8-10-12-27/h8-17,19,22,25,30H,6-7,18,20-21,23-24H2,1-5H3,(H,35,38)/t30-/m1/s1. The zero-order valence-electron chi connectivity index (χ0n) is 24.6. The van der Waals surface area contributed by atoms with Gasteiger partial charge in [-0.15, -0.1) is 0 Å². The number of nitrogens with zero attached hydrogens (tertiary/aromatic N) is 1. The molecule has 0 radical (unpaired) electrons. The van der Waals surface area contributed by atoms with Gasteiger partial charge >= 0.3 is 0 Å². The van der Waals surface area contributed by atoms with E-state index in [1.54, 1.807) is 4.90 Å². The molecule has 0 spiro atoms. The molecule has 1 atom stereocenters. The predicted octanol–water partition coefficient (Wildman–Crippen LogP) is 6.14. The number of hydrogen-bond donors (Lipinski definition) is 1. The fourth-order valence-corrected chi connectivity index (χ4v) is 4.51. The van der Waals surface area contributed by atoms with E-state index in [1.165, 1.54) is 0 Å². The van der Waals surface area contributed by atoms with Gasteiger partial charge in [0, 0.05) is 25.9 Å². The Morgan fingerprint density at radius 1 is 0.825 bits per heavy atom.